The van der Waals surface area contributed by atoms with Gasteiger partial charge in [-0.15, -0.1) is 11.6 Å². The Balaban J connectivity index is 2.34. The topological polar surface area (TPSA) is 20.3 Å². The molecule has 0 unspecified atom stereocenters. The van der Waals surface area contributed by atoms with Crippen molar-refractivity contribution in [2.75, 3.05) is 10.8 Å². The molecule has 0 atom stereocenters. The van der Waals surface area contributed by atoms with Crippen molar-refractivity contribution >= 4 is 23.2 Å². The van der Waals surface area contributed by atoms with Crippen molar-refractivity contribution in [1.82, 2.24) is 0 Å². The number of carbonyl (C=O) groups excluding carboxylic acids is 1. The Bertz CT molecular complexity index is 619. The van der Waals surface area contributed by atoms with E-state index < -0.39 is 0 Å². The Morgan fingerprint density at radius 3 is 2.19 bits per heavy atom. The quantitative estimate of drug-likeness (QED) is 0.775. The molecular formula is C17H17ClFNO. The Hall–Kier alpha value is -1.87. The molecule has 1 amide bonds. The molecule has 0 fully saturated rings. The molecule has 0 heterocycles. The molecule has 0 aromatic heterocycles. The van der Waals surface area contributed by atoms with E-state index in [-0.39, 0.29) is 17.6 Å². The zero-order valence-electron chi connectivity index (χ0n) is 12.1. The zero-order valence-corrected chi connectivity index (χ0v) is 12.8. The maximum Gasteiger partial charge on any atom is 0.242 e. The number of amides is 1. The van der Waals surface area contributed by atoms with Crippen LogP contribution in [-0.4, -0.2) is 11.8 Å². The van der Waals surface area contributed by atoms with Gasteiger partial charge in [0.15, 0.2) is 0 Å². The summed E-state index contributed by atoms with van der Waals surface area (Å²) in [6.45, 7) is 4.34. The molecule has 0 aliphatic heterocycles. The van der Waals surface area contributed by atoms with Crippen molar-refractivity contribution in [1.29, 1.82) is 0 Å². The molecule has 0 bridgehead atoms. The third kappa shape index (κ3) is 4.05. The largest absolute Gasteiger partial charge is 0.307 e. The lowest BCUT2D eigenvalue weighted by molar-refractivity contribution is -0.116. The number of aryl methyl sites for hydroxylation is 2. The number of hydrogen-bond donors (Lipinski definition) is 0. The summed E-state index contributed by atoms with van der Waals surface area (Å²) < 4.78 is 13.0. The highest BCUT2D eigenvalue weighted by molar-refractivity contribution is 6.29. The number of alkyl halides is 1. The number of anilines is 1. The SMILES string of the molecule is Cc1cc(C)cc(N(Cc2ccc(F)cc2)C(=O)CCl)c1. The van der Waals surface area contributed by atoms with E-state index in [0.717, 1.165) is 22.4 Å². The van der Waals surface area contributed by atoms with Crippen LogP contribution in [0.25, 0.3) is 0 Å². The van der Waals surface area contributed by atoms with Crippen molar-refractivity contribution in [2.24, 2.45) is 0 Å². The molecule has 110 valence electrons. The first-order valence-electron chi connectivity index (χ1n) is 6.68. The minimum absolute atomic E-state index is 0.0891. The van der Waals surface area contributed by atoms with Gasteiger partial charge >= 0.3 is 0 Å². The molecule has 2 aromatic rings. The van der Waals surface area contributed by atoms with Crippen LogP contribution in [0.1, 0.15) is 16.7 Å². The average Bonchev–Trinajstić information content (AvgIpc) is 2.44. The second-order valence-electron chi connectivity index (χ2n) is 5.09. The van der Waals surface area contributed by atoms with E-state index in [9.17, 15) is 9.18 Å². The third-order valence-electron chi connectivity index (χ3n) is 3.19. The molecule has 0 saturated carbocycles. The van der Waals surface area contributed by atoms with Gasteiger partial charge in [0.05, 0.1) is 6.54 Å². The van der Waals surface area contributed by atoms with Gasteiger partial charge in [0, 0.05) is 5.69 Å². The van der Waals surface area contributed by atoms with E-state index in [2.05, 4.69) is 0 Å². The minimum atomic E-state index is -0.291. The van der Waals surface area contributed by atoms with Crippen LogP contribution in [0.15, 0.2) is 42.5 Å². The first kappa shape index (κ1) is 15.5. The molecule has 21 heavy (non-hydrogen) atoms. The van der Waals surface area contributed by atoms with E-state index in [1.807, 2.05) is 32.0 Å². The van der Waals surface area contributed by atoms with E-state index >= 15 is 0 Å². The third-order valence-corrected chi connectivity index (χ3v) is 3.42. The van der Waals surface area contributed by atoms with Crippen molar-refractivity contribution in [3.8, 4) is 0 Å². The maximum atomic E-state index is 13.0. The highest BCUT2D eigenvalue weighted by Crippen LogP contribution is 2.21. The maximum absolute atomic E-state index is 13.0. The summed E-state index contributed by atoms with van der Waals surface area (Å²) in [6.07, 6.45) is 0. The standard InChI is InChI=1S/C17H17ClFNO/c1-12-7-13(2)9-16(8-12)20(17(21)10-18)11-14-3-5-15(19)6-4-14/h3-9H,10-11H2,1-2H3. The van der Waals surface area contributed by atoms with E-state index in [4.69, 9.17) is 11.6 Å². The van der Waals surface area contributed by atoms with Crippen LogP contribution in [0, 0.1) is 19.7 Å². The summed E-state index contributed by atoms with van der Waals surface area (Å²) in [4.78, 5) is 13.8. The van der Waals surface area contributed by atoms with Crippen LogP contribution in [0.2, 0.25) is 0 Å². The lowest BCUT2D eigenvalue weighted by Crippen LogP contribution is -2.31. The summed E-state index contributed by atoms with van der Waals surface area (Å²) in [5.41, 5.74) is 3.82. The van der Waals surface area contributed by atoms with E-state index in [1.54, 1.807) is 17.0 Å². The Labute approximate surface area is 129 Å². The van der Waals surface area contributed by atoms with Gasteiger partial charge in [-0.05, 0) is 54.8 Å². The molecule has 0 N–H and O–H groups in total. The molecule has 0 spiro atoms. The van der Waals surface area contributed by atoms with Gasteiger partial charge in [0.1, 0.15) is 11.7 Å². The van der Waals surface area contributed by atoms with Crippen molar-refractivity contribution < 1.29 is 9.18 Å². The summed E-state index contributed by atoms with van der Waals surface area (Å²) >= 11 is 5.72. The van der Waals surface area contributed by atoms with Gasteiger partial charge in [-0.2, -0.15) is 0 Å². The van der Waals surface area contributed by atoms with Gasteiger partial charge < -0.3 is 4.90 Å². The number of carbonyl (C=O) groups is 1. The molecule has 2 nitrogen and oxygen atoms in total. The first-order valence-corrected chi connectivity index (χ1v) is 7.22. The van der Waals surface area contributed by atoms with Crippen LogP contribution in [0.4, 0.5) is 10.1 Å². The second-order valence-corrected chi connectivity index (χ2v) is 5.35. The van der Waals surface area contributed by atoms with Gasteiger partial charge in [-0.1, -0.05) is 18.2 Å². The monoisotopic (exact) mass is 305 g/mol. The van der Waals surface area contributed by atoms with Crippen LogP contribution >= 0.6 is 11.6 Å². The Morgan fingerprint density at radius 1 is 1.10 bits per heavy atom. The van der Waals surface area contributed by atoms with Crippen molar-refractivity contribution in [2.45, 2.75) is 20.4 Å². The molecular weight excluding hydrogens is 289 g/mol. The molecule has 2 rings (SSSR count). The fourth-order valence-corrected chi connectivity index (χ4v) is 2.42. The number of halogens is 2. The van der Waals surface area contributed by atoms with Crippen LogP contribution in [-0.2, 0) is 11.3 Å². The van der Waals surface area contributed by atoms with Gasteiger partial charge in [-0.25, -0.2) is 4.39 Å². The number of nitrogens with zero attached hydrogens (tertiary/aromatic N) is 1. The predicted octanol–water partition coefficient (Wildman–Crippen LogP) is 4.21. The van der Waals surface area contributed by atoms with Gasteiger partial charge in [0.25, 0.3) is 0 Å². The molecule has 0 radical (unpaired) electrons. The smallest absolute Gasteiger partial charge is 0.242 e. The highest BCUT2D eigenvalue weighted by Gasteiger charge is 2.16. The fraction of sp³-hybridized carbons (Fsp3) is 0.235. The van der Waals surface area contributed by atoms with E-state index in [0.29, 0.717) is 6.54 Å². The molecule has 4 heteroatoms. The number of rotatable bonds is 4. The lowest BCUT2D eigenvalue weighted by atomic mass is 10.1. The summed E-state index contributed by atoms with van der Waals surface area (Å²) in [5.74, 6) is -0.555. The Kier molecular flexibility index (Phi) is 4.97. The number of benzene rings is 2. The highest BCUT2D eigenvalue weighted by atomic mass is 35.5. The number of hydrogen-bond acceptors (Lipinski definition) is 1. The van der Waals surface area contributed by atoms with E-state index in [1.165, 1.54) is 12.1 Å². The fourth-order valence-electron chi connectivity index (χ4n) is 2.27. The first-order chi connectivity index (χ1) is 9.99. The molecule has 0 aliphatic carbocycles. The normalized spacial score (nSPS) is 10.5. The molecule has 0 saturated heterocycles. The zero-order chi connectivity index (χ0) is 15.4. The van der Waals surface area contributed by atoms with Crippen LogP contribution < -0.4 is 4.90 Å². The van der Waals surface area contributed by atoms with Crippen LogP contribution in [0.5, 0.6) is 0 Å². The van der Waals surface area contributed by atoms with Gasteiger partial charge in [-0.3, -0.25) is 4.79 Å². The molecule has 0 aliphatic rings. The summed E-state index contributed by atoms with van der Waals surface area (Å²) in [7, 11) is 0. The summed E-state index contributed by atoms with van der Waals surface area (Å²) in [6, 6.07) is 12.1. The molecule has 2 aromatic carbocycles. The van der Waals surface area contributed by atoms with Gasteiger partial charge in [0.2, 0.25) is 5.91 Å². The summed E-state index contributed by atoms with van der Waals surface area (Å²) in [5, 5.41) is 0. The second kappa shape index (κ2) is 6.72. The van der Waals surface area contributed by atoms with Crippen LogP contribution in [0.3, 0.4) is 0 Å². The van der Waals surface area contributed by atoms with Crippen molar-refractivity contribution in [3.05, 3.63) is 65.0 Å². The minimum Gasteiger partial charge on any atom is -0.307 e. The Morgan fingerprint density at radius 2 is 1.67 bits per heavy atom. The van der Waals surface area contributed by atoms with Crippen molar-refractivity contribution in [3.63, 3.8) is 0 Å². The lowest BCUT2D eigenvalue weighted by Gasteiger charge is -2.23. The predicted molar refractivity (Wildman–Crippen MR) is 84.2 cm³/mol. The average molecular weight is 306 g/mol.